The Morgan fingerprint density at radius 1 is 1.32 bits per heavy atom. The SMILES string of the molecule is C[C@H]1CN(C)CCN1c1cc(N2CCNCC2)cc(C(=N)NC(=O)C2(C)CCCc3sc(N)c(C#N)c32)n1. The van der Waals surface area contributed by atoms with E-state index in [9.17, 15) is 10.1 Å². The van der Waals surface area contributed by atoms with E-state index in [1.165, 1.54) is 11.3 Å². The van der Waals surface area contributed by atoms with Gasteiger partial charge in [0.05, 0.1) is 11.0 Å². The van der Waals surface area contributed by atoms with Gasteiger partial charge < -0.3 is 31.1 Å². The van der Waals surface area contributed by atoms with Crippen LogP contribution in [0.4, 0.5) is 16.5 Å². The first-order valence-electron chi connectivity index (χ1n) is 13.4. The van der Waals surface area contributed by atoms with E-state index in [2.05, 4.69) is 51.4 Å². The fraction of sp³-hybridized carbons (Fsp3) is 0.556. The number of thiophene rings is 1. The lowest BCUT2D eigenvalue weighted by Gasteiger charge is -2.40. The lowest BCUT2D eigenvalue weighted by molar-refractivity contribution is -0.125. The Kier molecular flexibility index (Phi) is 7.31. The number of nitrogens with one attached hydrogen (secondary N) is 3. The number of nitrogens with zero attached hydrogens (tertiary/aromatic N) is 5. The van der Waals surface area contributed by atoms with E-state index in [1.54, 1.807) is 0 Å². The van der Waals surface area contributed by atoms with Crippen LogP contribution in [0.1, 0.15) is 48.4 Å². The summed E-state index contributed by atoms with van der Waals surface area (Å²) in [5.41, 5.74) is 7.80. The van der Waals surface area contributed by atoms with Crippen molar-refractivity contribution in [3.63, 3.8) is 0 Å². The zero-order valence-corrected chi connectivity index (χ0v) is 23.2. The van der Waals surface area contributed by atoms with E-state index in [0.717, 1.165) is 80.6 Å². The number of anilines is 3. The number of hydrogen-bond donors (Lipinski definition) is 4. The van der Waals surface area contributed by atoms with Crippen molar-refractivity contribution >= 4 is 39.6 Å². The van der Waals surface area contributed by atoms with Gasteiger partial charge in [-0.3, -0.25) is 10.2 Å². The van der Waals surface area contributed by atoms with Gasteiger partial charge in [0.15, 0.2) is 5.84 Å². The van der Waals surface area contributed by atoms with Crippen LogP contribution in [0, 0.1) is 16.7 Å². The van der Waals surface area contributed by atoms with Gasteiger partial charge >= 0.3 is 0 Å². The number of nitrogen functional groups attached to an aromatic ring is 1. The van der Waals surface area contributed by atoms with Crippen molar-refractivity contribution in [3.8, 4) is 6.07 Å². The standard InChI is InChI=1S/C27H37N9OS/c1-17-16-34(3)11-12-36(17)22-14-18(35-9-7-31-8-10-35)13-20(32-22)24(29)33-26(37)27(2)6-4-5-21-23(27)19(15-28)25(30)38-21/h13-14,17,31H,4-12,16,30H2,1-3H3,(H2,29,33,37)/t17-,27?/m0/s1. The van der Waals surface area contributed by atoms with Crippen molar-refractivity contribution in [2.24, 2.45) is 0 Å². The van der Waals surface area contributed by atoms with Gasteiger partial charge in [0, 0.05) is 74.0 Å². The van der Waals surface area contributed by atoms with E-state index in [0.29, 0.717) is 22.7 Å². The third-order valence-electron chi connectivity index (χ3n) is 8.15. The number of amidine groups is 1. The summed E-state index contributed by atoms with van der Waals surface area (Å²) in [7, 11) is 2.13. The van der Waals surface area contributed by atoms with Gasteiger partial charge in [0.2, 0.25) is 5.91 Å². The molecule has 2 aliphatic heterocycles. The molecule has 4 heterocycles. The lowest BCUT2D eigenvalue weighted by atomic mass is 9.72. The first kappa shape index (κ1) is 26.4. The molecular formula is C27H37N9OS. The number of aryl methyl sites for hydroxylation is 1. The molecule has 5 rings (SSSR count). The molecule has 2 saturated heterocycles. The van der Waals surface area contributed by atoms with Gasteiger partial charge in [-0.05, 0) is 46.2 Å². The Labute approximate surface area is 228 Å². The van der Waals surface area contributed by atoms with Gasteiger partial charge in [-0.15, -0.1) is 11.3 Å². The predicted molar refractivity (Wildman–Crippen MR) is 152 cm³/mol. The molecule has 0 spiro atoms. The van der Waals surface area contributed by atoms with Crippen LogP contribution in [0.3, 0.4) is 0 Å². The molecule has 0 saturated carbocycles. The van der Waals surface area contributed by atoms with Crippen LogP contribution in [0.15, 0.2) is 12.1 Å². The number of likely N-dealkylation sites (N-methyl/N-ethyl adjacent to an activating group) is 1. The zero-order valence-electron chi connectivity index (χ0n) is 22.4. The van der Waals surface area contributed by atoms with Gasteiger partial charge in [0.25, 0.3) is 0 Å². The summed E-state index contributed by atoms with van der Waals surface area (Å²) in [6.07, 6.45) is 2.24. The van der Waals surface area contributed by atoms with Gasteiger partial charge in [-0.25, -0.2) is 4.98 Å². The van der Waals surface area contributed by atoms with Crippen molar-refractivity contribution in [1.82, 2.24) is 20.5 Å². The molecule has 2 aromatic rings. The predicted octanol–water partition coefficient (Wildman–Crippen LogP) is 1.88. The van der Waals surface area contributed by atoms with Crippen molar-refractivity contribution in [2.75, 3.05) is 68.4 Å². The molecule has 0 radical (unpaired) electrons. The summed E-state index contributed by atoms with van der Waals surface area (Å²) in [5.74, 6) is 0.519. The van der Waals surface area contributed by atoms with Crippen LogP contribution in [0.25, 0.3) is 0 Å². The Hall–Kier alpha value is -3.20. The van der Waals surface area contributed by atoms with Crippen molar-refractivity contribution < 1.29 is 4.79 Å². The van der Waals surface area contributed by atoms with E-state index >= 15 is 0 Å². The molecule has 1 aliphatic carbocycles. The molecule has 2 aromatic heterocycles. The van der Waals surface area contributed by atoms with Crippen LogP contribution < -0.4 is 26.2 Å². The number of pyridine rings is 1. The van der Waals surface area contributed by atoms with Crippen LogP contribution in [-0.2, 0) is 16.6 Å². The van der Waals surface area contributed by atoms with Crippen LogP contribution in [0.5, 0.6) is 0 Å². The highest BCUT2D eigenvalue weighted by Gasteiger charge is 2.43. The highest BCUT2D eigenvalue weighted by molar-refractivity contribution is 7.16. The van der Waals surface area contributed by atoms with Crippen LogP contribution in [-0.4, -0.2) is 80.5 Å². The topological polar surface area (TPSA) is 137 Å². The number of rotatable bonds is 4. The Balaban J connectivity index is 1.46. The highest BCUT2D eigenvalue weighted by Crippen LogP contribution is 2.45. The first-order valence-corrected chi connectivity index (χ1v) is 14.2. The molecule has 0 aromatic carbocycles. The van der Waals surface area contributed by atoms with Crippen molar-refractivity contribution in [2.45, 2.75) is 44.6 Å². The molecule has 3 aliphatic rings. The number of nitrogens with two attached hydrogens (primary N) is 1. The maximum Gasteiger partial charge on any atom is 0.236 e. The van der Waals surface area contributed by atoms with E-state index < -0.39 is 5.41 Å². The van der Waals surface area contributed by atoms with Gasteiger partial charge in [-0.1, -0.05) is 0 Å². The molecule has 5 N–H and O–H groups in total. The number of piperazine rings is 2. The third kappa shape index (κ3) is 4.84. The minimum atomic E-state index is -0.927. The highest BCUT2D eigenvalue weighted by atomic mass is 32.1. The molecule has 2 fully saturated rings. The number of nitriles is 1. The molecule has 1 unspecified atom stereocenters. The molecule has 38 heavy (non-hydrogen) atoms. The van der Waals surface area contributed by atoms with E-state index in [1.807, 2.05) is 13.0 Å². The van der Waals surface area contributed by atoms with E-state index in [4.69, 9.17) is 16.1 Å². The quantitative estimate of drug-likeness (QED) is 0.344. The maximum atomic E-state index is 13.7. The first-order chi connectivity index (χ1) is 18.2. The zero-order chi connectivity index (χ0) is 27.0. The number of carbonyl (C=O) groups is 1. The fourth-order valence-electron chi connectivity index (χ4n) is 6.00. The molecule has 10 nitrogen and oxygen atoms in total. The number of carbonyl (C=O) groups excluding carboxylic acids is 1. The second-order valence-electron chi connectivity index (χ2n) is 10.9. The molecule has 11 heteroatoms. The van der Waals surface area contributed by atoms with Gasteiger partial charge in [-0.2, -0.15) is 5.26 Å². The molecule has 2 atom stereocenters. The van der Waals surface area contributed by atoms with Crippen LogP contribution >= 0.6 is 11.3 Å². The monoisotopic (exact) mass is 535 g/mol. The molecule has 0 bridgehead atoms. The minimum absolute atomic E-state index is 0.0231. The summed E-state index contributed by atoms with van der Waals surface area (Å²) >= 11 is 1.40. The lowest BCUT2D eigenvalue weighted by Crippen LogP contribution is -2.51. The Bertz CT molecular complexity index is 1280. The van der Waals surface area contributed by atoms with Crippen molar-refractivity contribution in [1.29, 1.82) is 10.7 Å². The second-order valence-corrected chi connectivity index (χ2v) is 12.0. The summed E-state index contributed by atoms with van der Waals surface area (Å²) in [5, 5.41) is 25.4. The number of fused-ring (bicyclic) bond motifs is 1. The molecule has 1 amide bonds. The van der Waals surface area contributed by atoms with Gasteiger partial charge in [0.1, 0.15) is 22.6 Å². The largest absolute Gasteiger partial charge is 0.389 e. The number of hydrogen-bond acceptors (Lipinski definition) is 10. The Morgan fingerprint density at radius 2 is 2.08 bits per heavy atom. The van der Waals surface area contributed by atoms with Crippen LogP contribution in [0.2, 0.25) is 0 Å². The smallest absolute Gasteiger partial charge is 0.236 e. The average molecular weight is 536 g/mol. The summed E-state index contributed by atoms with van der Waals surface area (Å²) < 4.78 is 0. The van der Waals surface area contributed by atoms with E-state index in [-0.39, 0.29) is 17.8 Å². The summed E-state index contributed by atoms with van der Waals surface area (Å²) in [6, 6.07) is 6.53. The maximum absolute atomic E-state index is 13.7. The average Bonchev–Trinajstić information content (AvgIpc) is 3.25. The molecule has 202 valence electrons. The third-order valence-corrected chi connectivity index (χ3v) is 9.23. The summed E-state index contributed by atoms with van der Waals surface area (Å²) in [6.45, 7) is 10.3. The second kappa shape index (κ2) is 10.5. The minimum Gasteiger partial charge on any atom is -0.389 e. The fourth-order valence-corrected chi connectivity index (χ4v) is 7.19. The molecular weight excluding hydrogens is 498 g/mol. The normalized spacial score (nSPS) is 24.0. The number of aromatic nitrogens is 1. The Morgan fingerprint density at radius 3 is 2.79 bits per heavy atom. The van der Waals surface area contributed by atoms with Crippen molar-refractivity contribution in [3.05, 3.63) is 33.8 Å². The number of amides is 1. The summed E-state index contributed by atoms with van der Waals surface area (Å²) in [4.78, 5) is 26.6.